The SMILES string of the molecule is COc1ccc(C)cc1S(=O)(=O)N(CCCN)[N+]#N. The summed E-state index contributed by atoms with van der Waals surface area (Å²) in [5, 5.41) is 11.7. The van der Waals surface area contributed by atoms with E-state index >= 15 is 0 Å². The number of ether oxygens (including phenoxy) is 1. The molecule has 8 heteroatoms. The molecule has 1 rings (SSSR count). The number of methoxy groups -OCH3 is 1. The van der Waals surface area contributed by atoms with Gasteiger partial charge in [-0.15, -0.1) is 0 Å². The molecule has 0 amide bonds. The molecule has 0 aliphatic heterocycles. The van der Waals surface area contributed by atoms with E-state index in [4.69, 9.17) is 15.9 Å². The Morgan fingerprint density at radius 2 is 2.16 bits per heavy atom. The van der Waals surface area contributed by atoms with Crippen LogP contribution in [0.3, 0.4) is 0 Å². The maximum atomic E-state index is 12.4. The largest absolute Gasteiger partial charge is 0.495 e. The minimum absolute atomic E-state index is 0.00638. The average Bonchev–Trinajstić information content (AvgIpc) is 2.39. The fraction of sp³-hybridized carbons (Fsp3) is 0.455. The first-order chi connectivity index (χ1) is 8.97. The lowest BCUT2D eigenvalue weighted by molar-refractivity contribution is 0.399. The van der Waals surface area contributed by atoms with Gasteiger partial charge in [-0.3, -0.25) is 0 Å². The highest BCUT2D eigenvalue weighted by atomic mass is 32.2. The van der Waals surface area contributed by atoms with Crippen LogP contribution in [0.5, 0.6) is 5.75 Å². The first-order valence-electron chi connectivity index (χ1n) is 5.69. The smallest absolute Gasteiger partial charge is 0.329 e. The molecule has 19 heavy (non-hydrogen) atoms. The van der Waals surface area contributed by atoms with E-state index in [1.54, 1.807) is 19.1 Å². The quantitative estimate of drug-likeness (QED) is 0.623. The standard InChI is InChI=1S/C11H17N4O3S/c1-9-4-5-10(18-2)11(8-9)19(16,17)15(14-13)7-3-6-12/h4-5,8H,3,6-7,12H2,1-2H3/q+1. The fourth-order valence-electron chi connectivity index (χ4n) is 1.54. The van der Waals surface area contributed by atoms with E-state index in [1.165, 1.54) is 13.2 Å². The minimum atomic E-state index is -3.95. The van der Waals surface area contributed by atoms with Gasteiger partial charge >= 0.3 is 15.1 Å². The molecule has 0 saturated carbocycles. The maximum absolute atomic E-state index is 12.4. The van der Waals surface area contributed by atoms with E-state index in [0.717, 1.165) is 5.56 Å². The molecule has 0 spiro atoms. The fourth-order valence-corrected chi connectivity index (χ4v) is 2.97. The molecule has 104 valence electrons. The number of hydrogen-bond donors (Lipinski definition) is 1. The van der Waals surface area contributed by atoms with Gasteiger partial charge in [0.15, 0.2) is 0 Å². The van der Waals surface area contributed by atoms with Crippen molar-refractivity contribution in [3.05, 3.63) is 28.8 Å². The number of hydrogen-bond acceptors (Lipinski definition) is 5. The van der Waals surface area contributed by atoms with Crippen LogP contribution in [0.2, 0.25) is 0 Å². The summed E-state index contributed by atoms with van der Waals surface area (Å²) in [5.74, 6) is 0.201. The minimum Gasteiger partial charge on any atom is -0.495 e. The third-order valence-electron chi connectivity index (χ3n) is 2.53. The topological polar surface area (TPSA) is 101 Å². The summed E-state index contributed by atoms with van der Waals surface area (Å²) in [6, 6.07) is 4.76. The number of nitrogens with two attached hydrogens (primary N) is 1. The summed E-state index contributed by atoms with van der Waals surface area (Å²) in [5.41, 5.74) is 6.08. The summed E-state index contributed by atoms with van der Waals surface area (Å²) in [6.07, 6.45) is 0.386. The molecule has 0 saturated heterocycles. The van der Waals surface area contributed by atoms with Crippen molar-refractivity contribution in [1.82, 2.24) is 4.41 Å². The summed E-state index contributed by atoms with van der Waals surface area (Å²) in [7, 11) is -2.57. The van der Waals surface area contributed by atoms with Gasteiger partial charge in [0.25, 0.3) is 5.39 Å². The Morgan fingerprint density at radius 1 is 1.47 bits per heavy atom. The van der Waals surface area contributed by atoms with Crippen LogP contribution in [0.1, 0.15) is 12.0 Å². The van der Waals surface area contributed by atoms with Crippen molar-refractivity contribution in [2.45, 2.75) is 18.2 Å². The van der Waals surface area contributed by atoms with Gasteiger partial charge in [-0.25, -0.2) is 0 Å². The number of nitrogens with zero attached hydrogens (tertiary/aromatic N) is 3. The third kappa shape index (κ3) is 3.33. The summed E-state index contributed by atoms with van der Waals surface area (Å²) in [6.45, 7) is 2.07. The Balaban J connectivity index is 3.26. The van der Waals surface area contributed by atoms with Crippen molar-refractivity contribution in [3.63, 3.8) is 0 Å². The lowest BCUT2D eigenvalue weighted by atomic mass is 10.2. The number of benzene rings is 1. The van der Waals surface area contributed by atoms with Crippen LogP contribution >= 0.6 is 0 Å². The molecule has 1 aromatic carbocycles. The van der Waals surface area contributed by atoms with Crippen molar-refractivity contribution in [3.8, 4) is 5.75 Å². The monoisotopic (exact) mass is 285 g/mol. The molecule has 0 heterocycles. The van der Waals surface area contributed by atoms with Gasteiger partial charge in [0.1, 0.15) is 17.2 Å². The molecule has 7 nitrogen and oxygen atoms in total. The van der Waals surface area contributed by atoms with E-state index in [-0.39, 0.29) is 17.2 Å². The molecular formula is C11H17N4O3S+. The van der Waals surface area contributed by atoms with E-state index in [1.807, 2.05) is 0 Å². The van der Waals surface area contributed by atoms with E-state index in [9.17, 15) is 8.42 Å². The predicted molar refractivity (Wildman–Crippen MR) is 70.4 cm³/mol. The van der Waals surface area contributed by atoms with Crippen LogP contribution < -0.4 is 10.5 Å². The van der Waals surface area contributed by atoms with Crippen LogP contribution in [-0.2, 0) is 10.0 Å². The zero-order valence-electron chi connectivity index (χ0n) is 10.9. The van der Waals surface area contributed by atoms with Crippen LogP contribution in [0, 0.1) is 12.3 Å². The molecule has 0 radical (unpaired) electrons. The zero-order chi connectivity index (χ0) is 14.5. The van der Waals surface area contributed by atoms with Gasteiger partial charge in [0, 0.05) is 0 Å². The highest BCUT2D eigenvalue weighted by molar-refractivity contribution is 7.89. The Morgan fingerprint density at radius 3 is 2.68 bits per heavy atom. The second kappa shape index (κ2) is 6.36. The van der Waals surface area contributed by atoms with Gasteiger partial charge in [-0.1, -0.05) is 6.07 Å². The number of aryl methyl sites for hydroxylation is 1. The first-order valence-corrected chi connectivity index (χ1v) is 7.13. The van der Waals surface area contributed by atoms with E-state index < -0.39 is 10.0 Å². The van der Waals surface area contributed by atoms with Crippen LogP contribution in [0.4, 0.5) is 0 Å². The van der Waals surface area contributed by atoms with Crippen molar-refractivity contribution in [1.29, 1.82) is 5.39 Å². The van der Waals surface area contributed by atoms with Crippen molar-refractivity contribution in [2.75, 3.05) is 20.2 Å². The molecular weight excluding hydrogens is 268 g/mol. The highest BCUT2D eigenvalue weighted by Crippen LogP contribution is 2.27. The molecule has 0 fully saturated rings. The molecule has 0 bridgehead atoms. The van der Waals surface area contributed by atoms with Crippen LogP contribution in [0.25, 0.3) is 5.08 Å². The Kier molecular flexibility index (Phi) is 5.09. The highest BCUT2D eigenvalue weighted by Gasteiger charge is 2.35. The van der Waals surface area contributed by atoms with Crippen molar-refractivity contribution >= 4 is 10.0 Å². The van der Waals surface area contributed by atoms with Gasteiger partial charge in [-0.05, 0) is 37.6 Å². The second-order valence-electron chi connectivity index (χ2n) is 3.94. The lowest BCUT2D eigenvalue weighted by Crippen LogP contribution is -2.27. The van der Waals surface area contributed by atoms with Crippen molar-refractivity contribution in [2.24, 2.45) is 5.73 Å². The van der Waals surface area contributed by atoms with E-state index in [0.29, 0.717) is 17.4 Å². The van der Waals surface area contributed by atoms with Gasteiger partial charge in [-0.2, -0.15) is 8.42 Å². The van der Waals surface area contributed by atoms with Crippen LogP contribution in [0.15, 0.2) is 23.1 Å². The second-order valence-corrected chi connectivity index (χ2v) is 5.75. The lowest BCUT2D eigenvalue weighted by Gasteiger charge is -2.10. The molecule has 2 N–H and O–H groups in total. The molecule has 1 aromatic rings. The Hall–Kier alpha value is -1.85. The number of diazo groups is 1. The van der Waals surface area contributed by atoms with Gasteiger partial charge in [0.05, 0.1) is 11.5 Å². The van der Waals surface area contributed by atoms with Gasteiger partial charge < -0.3 is 10.5 Å². The molecule has 0 atom stereocenters. The Bertz CT molecular complexity index is 580. The van der Waals surface area contributed by atoms with Crippen molar-refractivity contribution < 1.29 is 13.2 Å². The first kappa shape index (κ1) is 15.2. The zero-order valence-corrected chi connectivity index (χ0v) is 11.7. The summed E-state index contributed by atoms with van der Waals surface area (Å²) >= 11 is 0. The maximum Gasteiger partial charge on any atom is 0.329 e. The molecule has 0 aliphatic carbocycles. The third-order valence-corrected chi connectivity index (χ3v) is 4.21. The predicted octanol–water partition coefficient (Wildman–Crippen LogP) is 1.11. The molecule has 0 aliphatic rings. The van der Waals surface area contributed by atoms with Gasteiger partial charge in [0.2, 0.25) is 0 Å². The number of rotatable bonds is 6. The summed E-state index contributed by atoms with van der Waals surface area (Å²) < 4.78 is 30.3. The average molecular weight is 285 g/mol. The van der Waals surface area contributed by atoms with Crippen LogP contribution in [-0.4, -0.2) is 33.0 Å². The van der Waals surface area contributed by atoms with E-state index in [2.05, 4.69) is 5.08 Å². The molecule has 0 aromatic heterocycles. The molecule has 0 unspecified atom stereocenters. The number of sulfonamides is 1. The summed E-state index contributed by atoms with van der Waals surface area (Å²) in [4.78, 5) is -0.0372. The normalized spacial score (nSPS) is 10.8. The Labute approximate surface area is 112 Å².